The van der Waals surface area contributed by atoms with Gasteiger partial charge >= 0.3 is 0 Å². The minimum Gasteiger partial charge on any atom is -0.497 e. The van der Waals surface area contributed by atoms with Gasteiger partial charge in [-0.3, -0.25) is 4.79 Å². The molecule has 0 amide bonds. The molecular weight excluding hydrogens is 236 g/mol. The maximum absolute atomic E-state index is 11.7. The van der Waals surface area contributed by atoms with Crippen molar-refractivity contribution in [3.63, 3.8) is 0 Å². The molecule has 0 saturated heterocycles. The first kappa shape index (κ1) is 15.5. The predicted molar refractivity (Wildman–Crippen MR) is 80.4 cm³/mol. The van der Waals surface area contributed by atoms with Crippen LogP contribution in [0.1, 0.15) is 51.0 Å². The minimum atomic E-state index is 0.215. The Labute approximate surface area is 116 Å². The molecule has 19 heavy (non-hydrogen) atoms. The number of hydrogen-bond acceptors (Lipinski definition) is 2. The second-order valence-electron chi connectivity index (χ2n) is 4.74. The molecule has 1 aromatic carbocycles. The highest BCUT2D eigenvalue weighted by Gasteiger charge is 1.97. The number of allylic oxidation sites excluding steroid dienone is 1. The van der Waals surface area contributed by atoms with E-state index in [0.29, 0.717) is 6.42 Å². The number of ether oxygens (including phenoxy) is 1. The van der Waals surface area contributed by atoms with Crippen LogP contribution in [0.4, 0.5) is 0 Å². The second-order valence-corrected chi connectivity index (χ2v) is 4.74. The second kappa shape index (κ2) is 9.37. The fourth-order valence-electron chi connectivity index (χ4n) is 1.89. The molecule has 0 saturated carbocycles. The highest BCUT2D eigenvalue weighted by atomic mass is 16.5. The van der Waals surface area contributed by atoms with Gasteiger partial charge in [-0.25, -0.2) is 0 Å². The molecule has 0 unspecified atom stereocenters. The van der Waals surface area contributed by atoms with Crippen LogP contribution in [0, 0.1) is 0 Å². The van der Waals surface area contributed by atoms with E-state index in [1.54, 1.807) is 13.2 Å². The largest absolute Gasteiger partial charge is 0.497 e. The van der Waals surface area contributed by atoms with Gasteiger partial charge in [-0.1, -0.05) is 50.8 Å². The van der Waals surface area contributed by atoms with E-state index in [2.05, 4.69) is 6.92 Å². The third kappa shape index (κ3) is 6.80. The third-order valence-electron chi connectivity index (χ3n) is 3.10. The molecule has 0 atom stereocenters. The van der Waals surface area contributed by atoms with Crippen molar-refractivity contribution in [2.75, 3.05) is 7.11 Å². The van der Waals surface area contributed by atoms with Crippen LogP contribution in [0.15, 0.2) is 30.3 Å². The maximum atomic E-state index is 11.7. The van der Waals surface area contributed by atoms with Gasteiger partial charge in [0.1, 0.15) is 5.75 Å². The summed E-state index contributed by atoms with van der Waals surface area (Å²) in [5.41, 5.74) is 1.03. The summed E-state index contributed by atoms with van der Waals surface area (Å²) < 4.78 is 5.09. The summed E-state index contributed by atoms with van der Waals surface area (Å²) in [6.45, 7) is 2.20. The number of ketones is 1. The van der Waals surface area contributed by atoms with E-state index >= 15 is 0 Å². The SMILES string of the molecule is CCCCCCCC(=O)C=Cc1ccc(OC)cc1. The first-order valence-corrected chi connectivity index (χ1v) is 7.11. The molecule has 0 aromatic heterocycles. The molecule has 0 aliphatic heterocycles. The fraction of sp³-hybridized carbons (Fsp3) is 0.471. The summed E-state index contributed by atoms with van der Waals surface area (Å²) in [6, 6.07) is 7.69. The van der Waals surface area contributed by atoms with Crippen LogP contribution in [0.5, 0.6) is 5.75 Å². The van der Waals surface area contributed by atoms with Crippen molar-refractivity contribution in [3.05, 3.63) is 35.9 Å². The van der Waals surface area contributed by atoms with E-state index in [1.807, 2.05) is 30.3 Å². The summed E-state index contributed by atoms with van der Waals surface area (Å²) in [7, 11) is 1.65. The molecule has 1 rings (SSSR count). The summed E-state index contributed by atoms with van der Waals surface area (Å²) in [5.74, 6) is 1.05. The Morgan fingerprint density at radius 1 is 1.11 bits per heavy atom. The Hall–Kier alpha value is -1.57. The van der Waals surface area contributed by atoms with E-state index < -0.39 is 0 Å². The lowest BCUT2D eigenvalue weighted by atomic mass is 10.1. The van der Waals surface area contributed by atoms with E-state index in [1.165, 1.54) is 19.3 Å². The molecule has 0 heterocycles. The highest BCUT2D eigenvalue weighted by molar-refractivity contribution is 5.93. The monoisotopic (exact) mass is 260 g/mol. The normalized spacial score (nSPS) is 10.8. The summed E-state index contributed by atoms with van der Waals surface area (Å²) in [6.07, 6.45) is 10.1. The average molecular weight is 260 g/mol. The quantitative estimate of drug-likeness (QED) is 0.477. The molecule has 2 heteroatoms. The first-order chi connectivity index (χ1) is 9.26. The highest BCUT2D eigenvalue weighted by Crippen LogP contribution is 2.12. The Balaban J connectivity index is 2.28. The molecule has 1 aromatic rings. The maximum Gasteiger partial charge on any atom is 0.155 e. The van der Waals surface area contributed by atoms with Crippen molar-refractivity contribution < 1.29 is 9.53 Å². The zero-order chi connectivity index (χ0) is 13.9. The Bertz CT molecular complexity index is 390. The smallest absolute Gasteiger partial charge is 0.155 e. The van der Waals surface area contributed by atoms with Crippen LogP contribution in [-0.2, 0) is 4.79 Å². The van der Waals surface area contributed by atoms with Gasteiger partial charge in [-0.2, -0.15) is 0 Å². The molecule has 104 valence electrons. The molecular formula is C17H24O2. The topological polar surface area (TPSA) is 26.3 Å². The molecule has 0 spiro atoms. The van der Waals surface area contributed by atoms with Gasteiger partial charge in [-0.05, 0) is 30.2 Å². The number of methoxy groups -OCH3 is 1. The van der Waals surface area contributed by atoms with Crippen molar-refractivity contribution in [3.8, 4) is 5.75 Å². The average Bonchev–Trinajstić information content (AvgIpc) is 2.45. The molecule has 0 radical (unpaired) electrons. The van der Waals surface area contributed by atoms with Gasteiger partial charge in [0, 0.05) is 6.42 Å². The number of carbonyl (C=O) groups excluding carboxylic acids is 1. The molecule has 0 aliphatic rings. The van der Waals surface area contributed by atoms with Crippen LogP contribution in [0.2, 0.25) is 0 Å². The lowest BCUT2D eigenvalue weighted by Crippen LogP contribution is -1.92. The van der Waals surface area contributed by atoms with Crippen LogP contribution in [0.3, 0.4) is 0 Å². The standard InChI is InChI=1S/C17H24O2/c1-3-4-5-6-7-8-16(18)12-9-15-10-13-17(19-2)14-11-15/h9-14H,3-8H2,1-2H3. The van der Waals surface area contributed by atoms with E-state index in [9.17, 15) is 4.79 Å². The molecule has 0 aliphatic carbocycles. The number of rotatable bonds is 9. The minimum absolute atomic E-state index is 0.215. The first-order valence-electron chi connectivity index (χ1n) is 7.11. The summed E-state index contributed by atoms with van der Waals surface area (Å²) >= 11 is 0. The third-order valence-corrected chi connectivity index (χ3v) is 3.10. The number of benzene rings is 1. The summed E-state index contributed by atoms with van der Waals surface area (Å²) in [5, 5.41) is 0. The molecule has 0 N–H and O–H groups in total. The lowest BCUT2D eigenvalue weighted by Gasteiger charge is -1.99. The van der Waals surface area contributed by atoms with Crippen molar-refractivity contribution >= 4 is 11.9 Å². The molecule has 2 nitrogen and oxygen atoms in total. The Morgan fingerprint density at radius 2 is 1.79 bits per heavy atom. The van der Waals surface area contributed by atoms with Crippen LogP contribution in [0.25, 0.3) is 6.08 Å². The van der Waals surface area contributed by atoms with Crippen LogP contribution < -0.4 is 4.74 Å². The van der Waals surface area contributed by atoms with Gasteiger partial charge in [-0.15, -0.1) is 0 Å². The van der Waals surface area contributed by atoms with Crippen molar-refractivity contribution in [1.29, 1.82) is 0 Å². The van der Waals surface area contributed by atoms with Gasteiger partial charge in [0.15, 0.2) is 5.78 Å². The Morgan fingerprint density at radius 3 is 2.42 bits per heavy atom. The lowest BCUT2D eigenvalue weighted by molar-refractivity contribution is -0.114. The summed E-state index contributed by atoms with van der Waals surface area (Å²) in [4.78, 5) is 11.7. The zero-order valence-electron chi connectivity index (χ0n) is 12.0. The molecule has 0 bridgehead atoms. The van der Waals surface area contributed by atoms with Crippen molar-refractivity contribution in [2.45, 2.75) is 45.4 Å². The van der Waals surface area contributed by atoms with E-state index in [0.717, 1.165) is 24.2 Å². The number of hydrogen-bond donors (Lipinski definition) is 0. The number of carbonyl (C=O) groups is 1. The van der Waals surface area contributed by atoms with E-state index in [-0.39, 0.29) is 5.78 Å². The fourth-order valence-corrected chi connectivity index (χ4v) is 1.89. The van der Waals surface area contributed by atoms with Gasteiger partial charge in [0.2, 0.25) is 0 Å². The van der Waals surface area contributed by atoms with Crippen LogP contribution in [-0.4, -0.2) is 12.9 Å². The van der Waals surface area contributed by atoms with Crippen LogP contribution >= 0.6 is 0 Å². The van der Waals surface area contributed by atoms with Crippen molar-refractivity contribution in [1.82, 2.24) is 0 Å². The van der Waals surface area contributed by atoms with Gasteiger partial charge < -0.3 is 4.74 Å². The number of unbranched alkanes of at least 4 members (excludes halogenated alkanes) is 4. The zero-order valence-corrected chi connectivity index (χ0v) is 12.0. The van der Waals surface area contributed by atoms with Gasteiger partial charge in [0.25, 0.3) is 0 Å². The molecule has 0 fully saturated rings. The van der Waals surface area contributed by atoms with Gasteiger partial charge in [0.05, 0.1) is 7.11 Å². The predicted octanol–water partition coefficient (Wildman–Crippen LogP) is 4.64. The van der Waals surface area contributed by atoms with E-state index in [4.69, 9.17) is 4.74 Å². The Kier molecular flexibility index (Phi) is 7.64. The van der Waals surface area contributed by atoms with Crippen molar-refractivity contribution in [2.24, 2.45) is 0 Å².